The highest BCUT2D eigenvalue weighted by Gasteiger charge is 2.15. The van der Waals surface area contributed by atoms with Crippen LogP contribution in [0.25, 0.3) is 0 Å². The fourth-order valence-corrected chi connectivity index (χ4v) is 3.46. The predicted octanol–water partition coefficient (Wildman–Crippen LogP) is 3.46. The van der Waals surface area contributed by atoms with Gasteiger partial charge in [-0.2, -0.15) is 0 Å². The Morgan fingerprint density at radius 2 is 1.52 bits per heavy atom. The van der Waals surface area contributed by atoms with Gasteiger partial charge in [-0.3, -0.25) is 4.72 Å². The van der Waals surface area contributed by atoms with Gasteiger partial charge in [0.05, 0.1) is 12.0 Å². The lowest BCUT2D eigenvalue weighted by molar-refractivity contribution is 0.414. The van der Waals surface area contributed by atoms with E-state index in [-0.39, 0.29) is 16.8 Å². The Bertz CT molecular complexity index is 976. The second kappa shape index (κ2) is 8.05. The average Bonchev–Trinajstić information content (AvgIpc) is 2.70. The van der Waals surface area contributed by atoms with E-state index in [9.17, 15) is 8.42 Å². The number of nitrogens with one attached hydrogen (secondary N) is 2. The van der Waals surface area contributed by atoms with Crippen molar-refractivity contribution in [3.05, 3.63) is 72.3 Å². The first-order chi connectivity index (χ1) is 13.0. The molecule has 140 valence electrons. The van der Waals surface area contributed by atoms with Crippen molar-refractivity contribution in [3.63, 3.8) is 0 Å². The first kappa shape index (κ1) is 18.7. The Balaban J connectivity index is 1.67. The Kier molecular flexibility index (Phi) is 5.56. The molecule has 1 aromatic heterocycles. The number of ether oxygens (including phenoxy) is 1. The first-order valence-corrected chi connectivity index (χ1v) is 9.78. The van der Waals surface area contributed by atoms with E-state index in [1.807, 2.05) is 37.3 Å². The van der Waals surface area contributed by atoms with E-state index < -0.39 is 10.0 Å². The van der Waals surface area contributed by atoms with E-state index in [1.54, 1.807) is 24.3 Å². The summed E-state index contributed by atoms with van der Waals surface area (Å²) in [4.78, 5) is 0.116. The normalized spacial score (nSPS) is 12.2. The van der Waals surface area contributed by atoms with E-state index in [0.29, 0.717) is 11.6 Å². The van der Waals surface area contributed by atoms with Crippen LogP contribution in [0.5, 0.6) is 5.75 Å². The number of sulfonamides is 1. The molecule has 27 heavy (non-hydrogen) atoms. The zero-order valence-corrected chi connectivity index (χ0v) is 15.8. The van der Waals surface area contributed by atoms with Crippen molar-refractivity contribution in [2.45, 2.75) is 17.9 Å². The summed E-state index contributed by atoms with van der Waals surface area (Å²) < 4.78 is 32.3. The van der Waals surface area contributed by atoms with Gasteiger partial charge in [-0.1, -0.05) is 30.3 Å². The minimum absolute atomic E-state index is 0.0438. The molecule has 3 aromatic rings. The van der Waals surface area contributed by atoms with Crippen molar-refractivity contribution in [1.29, 1.82) is 0 Å². The second-order valence-corrected chi connectivity index (χ2v) is 7.54. The number of hydrogen-bond acceptors (Lipinski definition) is 6. The van der Waals surface area contributed by atoms with E-state index in [2.05, 4.69) is 20.2 Å². The van der Waals surface area contributed by atoms with Gasteiger partial charge in [0, 0.05) is 6.04 Å². The van der Waals surface area contributed by atoms with Crippen LogP contribution in [0.3, 0.4) is 0 Å². The van der Waals surface area contributed by atoms with Crippen LogP contribution in [0.4, 0.5) is 11.6 Å². The first-order valence-electron chi connectivity index (χ1n) is 8.30. The lowest BCUT2D eigenvalue weighted by Gasteiger charge is -2.14. The standard InChI is InChI=1S/C19H20N4O3S/c1-14(15-6-4-3-5-7-15)20-18-12-13-19(22-21-18)23-27(24,25)17-10-8-16(26-2)9-11-17/h3-14H,1-2H3,(H,20,21)(H,22,23). The van der Waals surface area contributed by atoms with Crippen LogP contribution >= 0.6 is 0 Å². The third-order valence-corrected chi connectivity index (χ3v) is 5.31. The number of nitrogens with zero attached hydrogens (tertiary/aromatic N) is 2. The monoisotopic (exact) mass is 384 g/mol. The largest absolute Gasteiger partial charge is 0.497 e. The fourth-order valence-electron chi connectivity index (χ4n) is 2.46. The number of hydrogen-bond donors (Lipinski definition) is 2. The maximum absolute atomic E-state index is 12.4. The smallest absolute Gasteiger partial charge is 0.263 e. The van der Waals surface area contributed by atoms with Crippen LogP contribution in [0.2, 0.25) is 0 Å². The van der Waals surface area contributed by atoms with Gasteiger partial charge in [0.15, 0.2) is 5.82 Å². The number of aromatic nitrogens is 2. The fraction of sp³-hybridized carbons (Fsp3) is 0.158. The molecule has 0 radical (unpaired) electrons. The van der Waals surface area contributed by atoms with Gasteiger partial charge in [-0.05, 0) is 48.9 Å². The van der Waals surface area contributed by atoms with Gasteiger partial charge in [0.25, 0.3) is 10.0 Å². The van der Waals surface area contributed by atoms with Crippen LogP contribution in [0.1, 0.15) is 18.5 Å². The second-order valence-electron chi connectivity index (χ2n) is 5.86. The van der Waals surface area contributed by atoms with Crippen LogP contribution in [0.15, 0.2) is 71.6 Å². The minimum Gasteiger partial charge on any atom is -0.497 e. The van der Waals surface area contributed by atoms with Gasteiger partial charge in [-0.15, -0.1) is 10.2 Å². The number of rotatable bonds is 7. The summed E-state index contributed by atoms with van der Waals surface area (Å²) in [5.74, 6) is 1.28. The van der Waals surface area contributed by atoms with Gasteiger partial charge in [-0.25, -0.2) is 8.42 Å². The lowest BCUT2D eigenvalue weighted by Crippen LogP contribution is -2.15. The molecular weight excluding hydrogens is 364 g/mol. The van der Waals surface area contributed by atoms with E-state index in [4.69, 9.17) is 4.74 Å². The van der Waals surface area contributed by atoms with Crippen molar-refractivity contribution in [3.8, 4) is 5.75 Å². The molecule has 7 nitrogen and oxygen atoms in total. The lowest BCUT2D eigenvalue weighted by atomic mass is 10.1. The van der Waals surface area contributed by atoms with Crippen LogP contribution in [-0.4, -0.2) is 25.7 Å². The summed E-state index contributed by atoms with van der Waals surface area (Å²) in [5, 5.41) is 11.2. The summed E-state index contributed by atoms with van der Waals surface area (Å²) in [5.41, 5.74) is 1.11. The van der Waals surface area contributed by atoms with Crippen LogP contribution < -0.4 is 14.8 Å². The SMILES string of the molecule is COc1ccc(S(=O)(=O)Nc2ccc(NC(C)c3ccccc3)nn2)cc1. The molecular formula is C19H20N4O3S. The van der Waals surface area contributed by atoms with Crippen LogP contribution in [-0.2, 0) is 10.0 Å². The van der Waals surface area contributed by atoms with E-state index >= 15 is 0 Å². The molecule has 0 amide bonds. The maximum atomic E-state index is 12.4. The molecule has 0 aliphatic heterocycles. The molecule has 2 N–H and O–H groups in total. The molecule has 0 saturated carbocycles. The summed E-state index contributed by atoms with van der Waals surface area (Å²) in [6.45, 7) is 2.01. The van der Waals surface area contributed by atoms with Crippen LogP contribution in [0, 0.1) is 0 Å². The zero-order chi connectivity index (χ0) is 19.3. The van der Waals surface area contributed by atoms with Crippen molar-refractivity contribution in [2.75, 3.05) is 17.1 Å². The van der Waals surface area contributed by atoms with E-state index in [0.717, 1.165) is 5.56 Å². The van der Waals surface area contributed by atoms with Crippen molar-refractivity contribution in [2.24, 2.45) is 0 Å². The quantitative estimate of drug-likeness (QED) is 0.648. The van der Waals surface area contributed by atoms with Crippen molar-refractivity contribution in [1.82, 2.24) is 10.2 Å². The summed E-state index contributed by atoms with van der Waals surface area (Å²) in [6.07, 6.45) is 0. The third kappa shape index (κ3) is 4.73. The average molecular weight is 384 g/mol. The van der Waals surface area contributed by atoms with Crippen molar-refractivity contribution >= 4 is 21.7 Å². The van der Waals surface area contributed by atoms with Gasteiger partial charge < -0.3 is 10.1 Å². The Morgan fingerprint density at radius 1 is 0.889 bits per heavy atom. The molecule has 8 heteroatoms. The van der Waals surface area contributed by atoms with Gasteiger partial charge in [0.1, 0.15) is 11.6 Å². The van der Waals surface area contributed by atoms with E-state index in [1.165, 1.54) is 19.2 Å². The molecule has 1 heterocycles. The van der Waals surface area contributed by atoms with Gasteiger partial charge in [0.2, 0.25) is 0 Å². The molecule has 0 aliphatic carbocycles. The highest BCUT2D eigenvalue weighted by atomic mass is 32.2. The molecule has 1 unspecified atom stereocenters. The molecule has 0 aliphatic rings. The highest BCUT2D eigenvalue weighted by Crippen LogP contribution is 2.20. The number of methoxy groups -OCH3 is 1. The molecule has 2 aromatic carbocycles. The Labute approximate surface area is 158 Å². The molecule has 1 atom stereocenters. The molecule has 0 saturated heterocycles. The molecule has 0 fully saturated rings. The predicted molar refractivity (Wildman–Crippen MR) is 104 cm³/mol. The molecule has 0 spiro atoms. The van der Waals surface area contributed by atoms with Crippen molar-refractivity contribution < 1.29 is 13.2 Å². The summed E-state index contributed by atoms with van der Waals surface area (Å²) in [7, 11) is -2.23. The molecule has 3 rings (SSSR count). The third-order valence-electron chi connectivity index (χ3n) is 3.94. The maximum Gasteiger partial charge on any atom is 0.263 e. The zero-order valence-electron chi connectivity index (χ0n) is 15.0. The number of anilines is 2. The topological polar surface area (TPSA) is 93.2 Å². The Morgan fingerprint density at radius 3 is 2.11 bits per heavy atom. The summed E-state index contributed by atoms with van der Waals surface area (Å²) in [6, 6.07) is 19.3. The highest BCUT2D eigenvalue weighted by molar-refractivity contribution is 7.92. The summed E-state index contributed by atoms with van der Waals surface area (Å²) >= 11 is 0. The number of benzene rings is 2. The minimum atomic E-state index is -3.75. The Hall–Kier alpha value is -3.13. The molecule has 0 bridgehead atoms. The van der Waals surface area contributed by atoms with Gasteiger partial charge >= 0.3 is 0 Å².